The summed E-state index contributed by atoms with van der Waals surface area (Å²) in [6.07, 6.45) is 4.27. The molecule has 0 atom stereocenters. The molecule has 0 unspecified atom stereocenters. The van der Waals surface area contributed by atoms with Gasteiger partial charge in [0.05, 0.1) is 11.6 Å². The molecule has 1 aliphatic rings. The van der Waals surface area contributed by atoms with Gasteiger partial charge in [0.15, 0.2) is 0 Å². The minimum absolute atomic E-state index is 0.00164. The van der Waals surface area contributed by atoms with E-state index in [0.717, 1.165) is 6.42 Å². The van der Waals surface area contributed by atoms with Crippen LogP contribution in [0.4, 0.5) is 0 Å². The van der Waals surface area contributed by atoms with Crippen LogP contribution in [0.1, 0.15) is 41.9 Å². The number of hydrogen-bond acceptors (Lipinski definition) is 3. The number of likely N-dealkylation sites (tertiary alicyclic amines) is 1. The number of pyridine rings is 1. The zero-order valence-electron chi connectivity index (χ0n) is 15.9. The Morgan fingerprint density at radius 2 is 2.14 bits per heavy atom. The van der Waals surface area contributed by atoms with Gasteiger partial charge in [-0.3, -0.25) is 4.79 Å². The van der Waals surface area contributed by atoms with Gasteiger partial charge in [-0.05, 0) is 48.7 Å². The molecule has 140 valence electrons. The number of benzene rings is 1. The summed E-state index contributed by atoms with van der Waals surface area (Å²) in [6.45, 7) is 5.50. The molecule has 0 aliphatic carbocycles. The maximum Gasteiger partial charge on any atom is 0.253 e. The summed E-state index contributed by atoms with van der Waals surface area (Å²) in [7, 11) is 0. The largest absolute Gasteiger partial charge is 0.337 e. The van der Waals surface area contributed by atoms with Crippen molar-refractivity contribution >= 4 is 17.5 Å². The van der Waals surface area contributed by atoms with Gasteiger partial charge in [0, 0.05) is 35.3 Å². The highest BCUT2D eigenvalue weighted by Crippen LogP contribution is 2.34. The minimum Gasteiger partial charge on any atom is -0.337 e. The van der Waals surface area contributed by atoms with Crippen molar-refractivity contribution in [1.82, 2.24) is 9.88 Å². The van der Waals surface area contributed by atoms with Crippen LogP contribution in [-0.2, 0) is 0 Å². The molecule has 2 heterocycles. The van der Waals surface area contributed by atoms with E-state index >= 15 is 0 Å². The van der Waals surface area contributed by atoms with Gasteiger partial charge in [0.2, 0.25) is 0 Å². The van der Waals surface area contributed by atoms with Crippen molar-refractivity contribution in [3.63, 3.8) is 0 Å². The number of hydrogen-bond donors (Lipinski definition) is 0. The molecule has 0 spiro atoms. The highest BCUT2D eigenvalue weighted by molar-refractivity contribution is 6.30. The zero-order valence-corrected chi connectivity index (χ0v) is 16.6. The van der Waals surface area contributed by atoms with Gasteiger partial charge in [0.25, 0.3) is 5.91 Å². The second kappa shape index (κ2) is 8.30. The lowest BCUT2D eigenvalue weighted by Gasteiger charge is -2.40. The first-order valence-corrected chi connectivity index (χ1v) is 9.39. The summed E-state index contributed by atoms with van der Waals surface area (Å²) in [5, 5.41) is 9.51. The molecular formula is C23H20ClN3O. The van der Waals surface area contributed by atoms with Crippen LogP contribution in [-0.4, -0.2) is 28.9 Å². The summed E-state index contributed by atoms with van der Waals surface area (Å²) in [5.41, 5.74) is 2.75. The molecule has 0 bridgehead atoms. The van der Waals surface area contributed by atoms with Gasteiger partial charge in [-0.2, -0.15) is 5.26 Å². The van der Waals surface area contributed by atoms with E-state index in [4.69, 9.17) is 16.9 Å². The molecule has 1 aromatic heterocycles. The van der Waals surface area contributed by atoms with Crippen molar-refractivity contribution in [3.05, 3.63) is 76.1 Å². The molecule has 5 heteroatoms. The average Bonchev–Trinajstić information content (AvgIpc) is 2.68. The van der Waals surface area contributed by atoms with E-state index in [0.29, 0.717) is 34.9 Å². The Bertz CT molecular complexity index is 1040. The van der Waals surface area contributed by atoms with Crippen LogP contribution in [0.15, 0.2) is 54.2 Å². The van der Waals surface area contributed by atoms with Crippen LogP contribution in [0.3, 0.4) is 0 Å². The average molecular weight is 390 g/mol. The van der Waals surface area contributed by atoms with E-state index in [1.807, 2.05) is 11.0 Å². The molecule has 0 radical (unpaired) electrons. The molecule has 1 aliphatic heterocycles. The van der Waals surface area contributed by atoms with Crippen LogP contribution in [0.5, 0.6) is 0 Å². The number of nitrogens with zero attached hydrogens (tertiary/aromatic N) is 3. The van der Waals surface area contributed by atoms with E-state index < -0.39 is 0 Å². The molecule has 2 aromatic rings. The number of halogens is 1. The smallest absolute Gasteiger partial charge is 0.253 e. The standard InChI is InChI=1S/C23H20ClN3O/c1-23(2)16-27(22(28)18-5-3-7-20(24)14-18)12-10-19(23)6-4-8-21-13-17(15-25)9-11-26-21/h3,5-7,9,11,13-14H,10,12,16H2,1-2H3/b19-6+. The highest BCUT2D eigenvalue weighted by atomic mass is 35.5. The Morgan fingerprint density at radius 1 is 1.32 bits per heavy atom. The fourth-order valence-electron chi connectivity index (χ4n) is 3.26. The fraction of sp³-hybridized carbons (Fsp3) is 0.261. The first kappa shape index (κ1) is 19.7. The van der Waals surface area contributed by atoms with Crippen LogP contribution >= 0.6 is 11.6 Å². The number of carbonyl (C=O) groups excluding carboxylic acids is 1. The maximum absolute atomic E-state index is 12.8. The van der Waals surface area contributed by atoms with Crippen molar-refractivity contribution in [2.24, 2.45) is 5.41 Å². The molecule has 3 rings (SSSR count). The lowest BCUT2D eigenvalue weighted by Crippen LogP contribution is -2.44. The van der Waals surface area contributed by atoms with Gasteiger partial charge >= 0.3 is 0 Å². The third kappa shape index (κ3) is 4.60. The lowest BCUT2D eigenvalue weighted by atomic mass is 9.78. The maximum atomic E-state index is 12.8. The number of allylic oxidation sites excluding steroid dienone is 1. The molecule has 28 heavy (non-hydrogen) atoms. The molecule has 1 fully saturated rings. The number of rotatable bonds is 1. The minimum atomic E-state index is -0.177. The number of nitriles is 1. The van der Waals surface area contributed by atoms with Gasteiger partial charge < -0.3 is 4.90 Å². The quantitative estimate of drug-likeness (QED) is 0.677. The normalized spacial score (nSPS) is 16.8. The summed E-state index contributed by atoms with van der Waals surface area (Å²) >= 11 is 6.02. The third-order valence-corrected chi connectivity index (χ3v) is 5.04. The van der Waals surface area contributed by atoms with Crippen molar-refractivity contribution in [2.45, 2.75) is 20.3 Å². The van der Waals surface area contributed by atoms with Crippen LogP contribution < -0.4 is 0 Å². The predicted molar refractivity (Wildman–Crippen MR) is 110 cm³/mol. The molecule has 1 amide bonds. The molecule has 4 nitrogen and oxygen atoms in total. The third-order valence-electron chi connectivity index (χ3n) is 4.80. The first-order chi connectivity index (χ1) is 13.4. The number of carbonyl (C=O) groups is 1. The zero-order chi connectivity index (χ0) is 20.1. The van der Waals surface area contributed by atoms with E-state index in [2.05, 4.69) is 36.7 Å². The first-order valence-electron chi connectivity index (χ1n) is 9.01. The molecule has 0 N–H and O–H groups in total. The van der Waals surface area contributed by atoms with Crippen molar-refractivity contribution in [3.8, 4) is 17.9 Å². The predicted octanol–water partition coefficient (Wildman–Crippen LogP) is 4.46. The van der Waals surface area contributed by atoms with E-state index in [1.54, 1.807) is 42.6 Å². The fourth-order valence-corrected chi connectivity index (χ4v) is 3.45. The van der Waals surface area contributed by atoms with Crippen molar-refractivity contribution in [2.75, 3.05) is 13.1 Å². The molecular weight excluding hydrogens is 370 g/mol. The molecule has 0 saturated carbocycles. The van der Waals surface area contributed by atoms with Gasteiger partial charge in [-0.15, -0.1) is 0 Å². The Balaban J connectivity index is 1.73. The van der Waals surface area contributed by atoms with Gasteiger partial charge in [-0.1, -0.05) is 43.0 Å². The van der Waals surface area contributed by atoms with Crippen LogP contribution in [0.25, 0.3) is 0 Å². The van der Waals surface area contributed by atoms with E-state index in [1.165, 1.54) is 5.57 Å². The molecule has 1 saturated heterocycles. The van der Waals surface area contributed by atoms with E-state index in [9.17, 15) is 4.79 Å². The molecule has 1 aromatic carbocycles. The number of amides is 1. The summed E-state index contributed by atoms with van der Waals surface area (Å²) < 4.78 is 0. The van der Waals surface area contributed by atoms with Gasteiger partial charge in [0.1, 0.15) is 5.69 Å². The highest BCUT2D eigenvalue weighted by Gasteiger charge is 2.33. The summed E-state index contributed by atoms with van der Waals surface area (Å²) in [4.78, 5) is 18.8. The lowest BCUT2D eigenvalue weighted by molar-refractivity contribution is 0.0663. The Labute approximate surface area is 170 Å². The monoisotopic (exact) mass is 389 g/mol. The SMILES string of the molecule is CC1(C)CN(C(=O)c2cccc(Cl)c2)CC/C1=C\C#Cc1cc(C#N)ccn1. The van der Waals surface area contributed by atoms with Gasteiger partial charge in [-0.25, -0.2) is 4.98 Å². The van der Waals surface area contributed by atoms with E-state index in [-0.39, 0.29) is 11.3 Å². The number of piperidine rings is 1. The van der Waals surface area contributed by atoms with Crippen LogP contribution in [0, 0.1) is 28.6 Å². The Hall–Kier alpha value is -3.08. The summed E-state index contributed by atoms with van der Waals surface area (Å²) in [6, 6.07) is 12.5. The number of aromatic nitrogens is 1. The van der Waals surface area contributed by atoms with Crippen LogP contribution in [0.2, 0.25) is 5.02 Å². The van der Waals surface area contributed by atoms with Crippen molar-refractivity contribution < 1.29 is 4.79 Å². The van der Waals surface area contributed by atoms with Crippen molar-refractivity contribution in [1.29, 1.82) is 5.26 Å². The second-order valence-electron chi connectivity index (χ2n) is 7.35. The second-order valence-corrected chi connectivity index (χ2v) is 7.79. The summed E-state index contributed by atoms with van der Waals surface area (Å²) in [5.74, 6) is 6.04. The topological polar surface area (TPSA) is 57.0 Å². The Morgan fingerprint density at radius 3 is 2.86 bits per heavy atom. The Kier molecular flexibility index (Phi) is 5.83.